The van der Waals surface area contributed by atoms with Gasteiger partial charge in [0.05, 0.1) is 11.1 Å². The molecule has 1 nitrogen and oxygen atoms in total. The molecule has 0 bridgehead atoms. The van der Waals surface area contributed by atoms with Crippen LogP contribution in [0.5, 0.6) is 5.75 Å². The highest BCUT2D eigenvalue weighted by atomic mass is 19.4. The largest absolute Gasteiger partial charge is 0.458 e. The number of halogens is 11. The van der Waals surface area contributed by atoms with Gasteiger partial charge in [0.25, 0.3) is 0 Å². The third kappa shape index (κ3) is 6.34. The third-order valence-electron chi connectivity index (χ3n) is 4.85. The van der Waals surface area contributed by atoms with Crippen molar-refractivity contribution >= 4 is 0 Å². The van der Waals surface area contributed by atoms with E-state index in [0.29, 0.717) is 24.5 Å². The first-order chi connectivity index (χ1) is 17.1. The van der Waals surface area contributed by atoms with E-state index in [1.807, 2.05) is 0 Å². The van der Waals surface area contributed by atoms with Gasteiger partial charge < -0.3 is 4.74 Å². The molecular formula is C25H13F11O. The van der Waals surface area contributed by atoms with E-state index in [4.69, 9.17) is 0 Å². The molecule has 0 amide bonds. The second kappa shape index (κ2) is 10.3. The zero-order valence-electron chi connectivity index (χ0n) is 18.4. The summed E-state index contributed by atoms with van der Waals surface area (Å²) in [6.45, 7) is 1.69. The molecule has 0 aliphatic heterocycles. The van der Waals surface area contributed by atoms with E-state index >= 15 is 0 Å². The van der Waals surface area contributed by atoms with Crippen LogP contribution >= 0.6 is 0 Å². The maximum Gasteiger partial charge on any atom is 0.458 e. The van der Waals surface area contributed by atoms with Crippen molar-refractivity contribution in [3.63, 3.8) is 0 Å². The van der Waals surface area contributed by atoms with E-state index in [1.54, 1.807) is 6.92 Å². The average molecular weight is 538 g/mol. The summed E-state index contributed by atoms with van der Waals surface area (Å²) in [6, 6.07) is 2.22. The molecule has 0 radical (unpaired) electrons. The van der Waals surface area contributed by atoms with Crippen molar-refractivity contribution in [1.29, 1.82) is 0 Å². The van der Waals surface area contributed by atoms with Gasteiger partial charge in [0.1, 0.15) is 46.2 Å². The van der Waals surface area contributed by atoms with Crippen LogP contribution in [0.4, 0.5) is 48.3 Å². The normalized spacial score (nSPS) is 11.8. The molecule has 3 rings (SSSR count). The van der Waals surface area contributed by atoms with Gasteiger partial charge in [-0.2, -0.15) is 22.0 Å². The van der Waals surface area contributed by atoms with Gasteiger partial charge >= 0.3 is 12.3 Å². The zero-order chi connectivity index (χ0) is 27.7. The summed E-state index contributed by atoms with van der Waals surface area (Å²) >= 11 is 0. The van der Waals surface area contributed by atoms with Gasteiger partial charge in [-0.15, -0.1) is 0 Å². The molecule has 3 aromatic rings. The van der Waals surface area contributed by atoms with Gasteiger partial charge in [0.15, 0.2) is 0 Å². The van der Waals surface area contributed by atoms with Gasteiger partial charge in [-0.05, 0) is 41.8 Å². The van der Waals surface area contributed by atoms with Crippen LogP contribution in [0.3, 0.4) is 0 Å². The van der Waals surface area contributed by atoms with Crippen LogP contribution in [0.15, 0.2) is 36.4 Å². The fourth-order valence-electron chi connectivity index (χ4n) is 3.39. The Morgan fingerprint density at radius 3 is 1.68 bits per heavy atom. The van der Waals surface area contributed by atoms with Crippen molar-refractivity contribution in [2.45, 2.75) is 32.1 Å². The summed E-state index contributed by atoms with van der Waals surface area (Å²) in [5, 5.41) is 0. The molecule has 0 saturated carbocycles. The highest BCUT2D eigenvalue weighted by molar-refractivity contribution is 5.67. The van der Waals surface area contributed by atoms with Gasteiger partial charge in [-0.1, -0.05) is 19.3 Å². The maximum absolute atomic E-state index is 14.6. The standard InChI is InChI=1S/C25H13F11O/c1-2-3-12-6-20(30)23(21(31)7-12)25(35,36)37-14-10-18(28)22(19(29)11-14)13-8-16(26)15(17(27)9-13)4-5-24(32,33)34/h6-11H,2-3H2,1H3. The second-order valence-electron chi connectivity index (χ2n) is 7.63. The summed E-state index contributed by atoms with van der Waals surface area (Å²) in [5.41, 5.74) is -5.03. The van der Waals surface area contributed by atoms with E-state index in [0.717, 1.165) is 0 Å². The second-order valence-corrected chi connectivity index (χ2v) is 7.63. The molecule has 0 unspecified atom stereocenters. The lowest BCUT2D eigenvalue weighted by atomic mass is 10.0. The smallest absolute Gasteiger partial charge is 0.429 e. The lowest BCUT2D eigenvalue weighted by Gasteiger charge is -2.20. The number of rotatable bonds is 6. The first kappa shape index (κ1) is 27.8. The Morgan fingerprint density at radius 1 is 0.703 bits per heavy atom. The van der Waals surface area contributed by atoms with E-state index < -0.39 is 75.2 Å². The van der Waals surface area contributed by atoms with E-state index in [2.05, 4.69) is 4.74 Å². The lowest BCUT2D eigenvalue weighted by molar-refractivity contribution is -0.189. The number of benzene rings is 3. The number of hydrogen-bond donors (Lipinski definition) is 0. The fourth-order valence-corrected chi connectivity index (χ4v) is 3.39. The molecule has 0 aromatic heterocycles. The Balaban J connectivity index is 1.98. The molecule has 0 fully saturated rings. The van der Waals surface area contributed by atoms with Gasteiger partial charge in [-0.25, -0.2) is 26.3 Å². The topological polar surface area (TPSA) is 9.23 Å². The van der Waals surface area contributed by atoms with Crippen molar-refractivity contribution in [3.8, 4) is 28.7 Å². The Kier molecular flexibility index (Phi) is 7.76. The van der Waals surface area contributed by atoms with Crippen LogP contribution in [-0.2, 0) is 12.5 Å². The summed E-state index contributed by atoms with van der Waals surface area (Å²) in [7, 11) is 0. The molecule has 3 aromatic carbocycles. The van der Waals surface area contributed by atoms with Crippen molar-refractivity contribution in [3.05, 3.63) is 88.0 Å². The minimum atomic E-state index is -5.07. The van der Waals surface area contributed by atoms with Gasteiger partial charge in [-0.3, -0.25) is 0 Å². The number of ether oxygens (including phenoxy) is 1. The van der Waals surface area contributed by atoms with Crippen LogP contribution < -0.4 is 4.74 Å². The van der Waals surface area contributed by atoms with Crippen molar-refractivity contribution in [2.24, 2.45) is 0 Å². The maximum atomic E-state index is 14.6. The highest BCUT2D eigenvalue weighted by Gasteiger charge is 2.41. The van der Waals surface area contributed by atoms with E-state index in [-0.39, 0.29) is 36.2 Å². The zero-order valence-corrected chi connectivity index (χ0v) is 18.4. The minimum absolute atomic E-state index is 0.0911. The summed E-state index contributed by atoms with van der Waals surface area (Å²) in [6.07, 6.45) is -9.14. The molecule has 196 valence electrons. The first-order valence-corrected chi connectivity index (χ1v) is 10.3. The third-order valence-corrected chi connectivity index (χ3v) is 4.85. The fraction of sp³-hybridized carbons (Fsp3) is 0.200. The molecule has 0 heterocycles. The molecular weight excluding hydrogens is 525 g/mol. The first-order valence-electron chi connectivity index (χ1n) is 10.3. The molecule has 0 aliphatic carbocycles. The number of alkyl halides is 5. The predicted molar refractivity (Wildman–Crippen MR) is 110 cm³/mol. The van der Waals surface area contributed by atoms with Gasteiger partial charge in [0, 0.05) is 18.1 Å². The predicted octanol–water partition coefficient (Wildman–Crippen LogP) is 8.18. The Hall–Kier alpha value is -3.75. The van der Waals surface area contributed by atoms with E-state index in [1.165, 1.54) is 5.92 Å². The molecule has 0 spiro atoms. The molecule has 37 heavy (non-hydrogen) atoms. The Morgan fingerprint density at radius 2 is 1.22 bits per heavy atom. The summed E-state index contributed by atoms with van der Waals surface area (Å²) in [4.78, 5) is 0. The highest BCUT2D eigenvalue weighted by Crippen LogP contribution is 2.38. The van der Waals surface area contributed by atoms with Crippen molar-refractivity contribution in [1.82, 2.24) is 0 Å². The summed E-state index contributed by atoms with van der Waals surface area (Å²) < 4.78 is 156. The molecule has 0 saturated heterocycles. The molecule has 12 heteroatoms. The van der Waals surface area contributed by atoms with Gasteiger partial charge in [0.2, 0.25) is 0 Å². The Bertz CT molecular complexity index is 1330. The quantitative estimate of drug-likeness (QED) is 0.227. The Labute approximate surface area is 202 Å². The van der Waals surface area contributed by atoms with E-state index in [9.17, 15) is 48.3 Å². The van der Waals surface area contributed by atoms with Crippen LogP contribution in [0, 0.1) is 46.7 Å². The number of hydrogen-bond acceptors (Lipinski definition) is 1. The minimum Gasteiger partial charge on any atom is -0.429 e. The summed E-state index contributed by atoms with van der Waals surface area (Å²) in [5.74, 6) is -9.42. The monoisotopic (exact) mass is 538 g/mol. The van der Waals surface area contributed by atoms with Crippen LogP contribution in [-0.4, -0.2) is 6.18 Å². The van der Waals surface area contributed by atoms with Crippen molar-refractivity contribution < 1.29 is 53.0 Å². The lowest BCUT2D eigenvalue weighted by Crippen LogP contribution is -2.25. The molecule has 0 aliphatic rings. The van der Waals surface area contributed by atoms with Crippen LogP contribution in [0.2, 0.25) is 0 Å². The average Bonchev–Trinajstić information content (AvgIpc) is 2.71. The van der Waals surface area contributed by atoms with Crippen molar-refractivity contribution in [2.75, 3.05) is 0 Å². The molecule has 0 atom stereocenters. The van der Waals surface area contributed by atoms with Crippen LogP contribution in [0.1, 0.15) is 30.0 Å². The number of aryl methyl sites for hydroxylation is 1. The SMILES string of the molecule is CCCc1cc(F)c(C(F)(F)Oc2cc(F)c(-c3cc(F)c(C#CC(F)(F)F)c(F)c3)c(F)c2)c(F)c1. The van der Waals surface area contributed by atoms with Crippen LogP contribution in [0.25, 0.3) is 11.1 Å². The molecule has 0 N–H and O–H groups in total.